The molecule has 1 aliphatic carbocycles. The predicted octanol–water partition coefficient (Wildman–Crippen LogP) is 14.1. The average molecular weight is 803 g/mol. The van der Waals surface area contributed by atoms with Gasteiger partial charge in [-0.25, -0.2) is 15.0 Å². The van der Waals surface area contributed by atoms with Crippen LogP contribution in [0.2, 0.25) is 0 Å². The summed E-state index contributed by atoms with van der Waals surface area (Å²) in [5.41, 5.74) is 16.9. The van der Waals surface area contributed by atoms with Crippen molar-refractivity contribution in [1.29, 1.82) is 5.26 Å². The Morgan fingerprint density at radius 3 is 1.17 bits per heavy atom. The molecule has 0 N–H and O–H groups in total. The molecule has 63 heavy (non-hydrogen) atoms. The molecule has 1 aromatic heterocycles. The van der Waals surface area contributed by atoms with Crippen molar-refractivity contribution in [2.45, 2.75) is 5.41 Å². The van der Waals surface area contributed by atoms with Gasteiger partial charge in [-0.05, 0) is 91.0 Å². The van der Waals surface area contributed by atoms with Crippen molar-refractivity contribution < 1.29 is 0 Å². The van der Waals surface area contributed by atoms with E-state index < -0.39 is 5.41 Å². The minimum atomic E-state index is -0.542. The van der Waals surface area contributed by atoms with E-state index in [1.165, 1.54) is 33.4 Å². The summed E-state index contributed by atoms with van der Waals surface area (Å²) in [5.74, 6) is 1.88. The van der Waals surface area contributed by atoms with E-state index in [1.54, 1.807) is 0 Å². The highest BCUT2D eigenvalue weighted by Gasteiger charge is 2.46. The fraction of sp³-hybridized carbons (Fsp3) is 0.0169. The normalized spacial score (nSPS) is 12.2. The molecule has 0 unspecified atom stereocenters. The number of nitriles is 1. The van der Waals surface area contributed by atoms with Gasteiger partial charge in [0.2, 0.25) is 0 Å². The molecule has 0 bridgehead atoms. The van der Waals surface area contributed by atoms with Crippen molar-refractivity contribution in [2.75, 3.05) is 0 Å². The van der Waals surface area contributed by atoms with Crippen LogP contribution in [0.15, 0.2) is 231 Å². The number of aromatic nitrogens is 3. The lowest BCUT2D eigenvalue weighted by Gasteiger charge is -2.34. The molecule has 0 fully saturated rings. The molecule has 294 valence electrons. The van der Waals surface area contributed by atoms with Gasteiger partial charge in [-0.1, -0.05) is 206 Å². The Labute approximate surface area is 367 Å². The third kappa shape index (κ3) is 6.61. The zero-order valence-electron chi connectivity index (χ0n) is 34.2. The first-order chi connectivity index (χ1) is 31.2. The van der Waals surface area contributed by atoms with Crippen molar-refractivity contribution in [3.8, 4) is 84.7 Å². The highest BCUT2D eigenvalue weighted by Crippen LogP contribution is 2.58. The van der Waals surface area contributed by atoms with Crippen LogP contribution in [-0.2, 0) is 5.41 Å². The molecule has 9 aromatic carbocycles. The maximum absolute atomic E-state index is 9.41. The van der Waals surface area contributed by atoms with E-state index in [-0.39, 0.29) is 0 Å². The fourth-order valence-corrected chi connectivity index (χ4v) is 9.28. The van der Waals surface area contributed by atoms with Crippen LogP contribution >= 0.6 is 0 Å². The minimum absolute atomic E-state index is 0.542. The molecule has 10 aromatic rings. The molecule has 0 saturated carbocycles. The van der Waals surface area contributed by atoms with Gasteiger partial charge in [0.1, 0.15) is 0 Å². The predicted molar refractivity (Wildman–Crippen MR) is 254 cm³/mol. The summed E-state index contributed by atoms with van der Waals surface area (Å²) in [4.78, 5) is 14.9. The molecule has 0 atom stereocenters. The van der Waals surface area contributed by atoms with Crippen LogP contribution in [0.25, 0.3) is 78.7 Å². The molecular weight excluding hydrogens is 765 g/mol. The summed E-state index contributed by atoms with van der Waals surface area (Å²) in [6.07, 6.45) is 0. The van der Waals surface area contributed by atoms with E-state index in [0.717, 1.165) is 50.1 Å². The van der Waals surface area contributed by atoms with Gasteiger partial charge in [-0.3, -0.25) is 0 Å². The molecule has 4 nitrogen and oxygen atoms in total. The molecule has 0 aliphatic heterocycles. The molecule has 4 heteroatoms. The maximum atomic E-state index is 9.41. The van der Waals surface area contributed by atoms with Crippen molar-refractivity contribution in [1.82, 2.24) is 15.0 Å². The lowest BCUT2D eigenvalue weighted by Crippen LogP contribution is -2.28. The van der Waals surface area contributed by atoms with Gasteiger partial charge >= 0.3 is 0 Å². The second kappa shape index (κ2) is 15.8. The van der Waals surface area contributed by atoms with Crippen LogP contribution in [0.4, 0.5) is 0 Å². The van der Waals surface area contributed by atoms with Gasteiger partial charge in [0.25, 0.3) is 0 Å². The van der Waals surface area contributed by atoms with Crippen molar-refractivity contribution in [2.24, 2.45) is 0 Å². The number of fused-ring (bicyclic) bond motifs is 3. The Kier molecular flexibility index (Phi) is 9.41. The first-order valence-corrected chi connectivity index (χ1v) is 21.2. The van der Waals surface area contributed by atoms with Crippen LogP contribution in [0.1, 0.15) is 27.8 Å². The fourth-order valence-electron chi connectivity index (χ4n) is 9.28. The second-order valence-corrected chi connectivity index (χ2v) is 15.9. The molecule has 1 heterocycles. The molecular formula is C59H38N4. The SMILES string of the molecule is N#Cc1ccc(-c2ccc(-c3cc4c(cc3-c3ccc(-c5nc(-c6ccccc6)nc(-c6ccccc6)n5)cc3)-c3ccccc3C4(c3ccccc3)c3ccccc3)cc2)cc1. The Morgan fingerprint density at radius 1 is 0.302 bits per heavy atom. The van der Waals surface area contributed by atoms with Crippen LogP contribution in [0.3, 0.4) is 0 Å². The van der Waals surface area contributed by atoms with Gasteiger partial charge in [0.15, 0.2) is 17.5 Å². The Morgan fingerprint density at radius 2 is 0.683 bits per heavy atom. The lowest BCUT2D eigenvalue weighted by atomic mass is 9.67. The van der Waals surface area contributed by atoms with Crippen LogP contribution in [0, 0.1) is 11.3 Å². The van der Waals surface area contributed by atoms with E-state index >= 15 is 0 Å². The van der Waals surface area contributed by atoms with Crippen LogP contribution in [0.5, 0.6) is 0 Å². The molecule has 0 saturated heterocycles. The van der Waals surface area contributed by atoms with E-state index in [1.807, 2.05) is 84.9 Å². The zero-order valence-corrected chi connectivity index (χ0v) is 34.2. The third-order valence-electron chi connectivity index (χ3n) is 12.3. The van der Waals surface area contributed by atoms with Crippen molar-refractivity contribution >= 4 is 0 Å². The van der Waals surface area contributed by atoms with Gasteiger partial charge in [-0.2, -0.15) is 5.26 Å². The number of hydrogen-bond donors (Lipinski definition) is 0. The first-order valence-electron chi connectivity index (χ1n) is 21.2. The molecule has 0 spiro atoms. The number of nitrogens with zero attached hydrogens (tertiary/aromatic N) is 4. The maximum Gasteiger partial charge on any atom is 0.164 e. The van der Waals surface area contributed by atoms with E-state index in [0.29, 0.717) is 23.0 Å². The summed E-state index contributed by atoms with van der Waals surface area (Å²) in [6, 6.07) is 83.3. The van der Waals surface area contributed by atoms with Crippen LogP contribution < -0.4 is 0 Å². The van der Waals surface area contributed by atoms with Gasteiger partial charge in [-0.15, -0.1) is 0 Å². The summed E-state index contributed by atoms with van der Waals surface area (Å²) >= 11 is 0. The average Bonchev–Trinajstić information content (AvgIpc) is 3.67. The van der Waals surface area contributed by atoms with E-state index in [2.05, 4.69) is 152 Å². The quantitative estimate of drug-likeness (QED) is 0.153. The standard InChI is InChI=1S/C59H38N4/c60-39-40-25-27-41(28-26-40)42-29-31-44(32-30-42)52-38-55-53(50-23-13-14-24-54(50)59(55,48-19-9-3-10-20-48)49-21-11-4-12-22-49)37-51(52)43-33-35-47(36-34-43)58-62-56(45-15-5-1-6-16-45)61-57(63-58)46-17-7-2-8-18-46/h1-38H. The van der Waals surface area contributed by atoms with E-state index in [4.69, 9.17) is 15.0 Å². The monoisotopic (exact) mass is 802 g/mol. The minimum Gasteiger partial charge on any atom is -0.208 e. The molecule has 11 rings (SSSR count). The zero-order chi connectivity index (χ0) is 42.2. The van der Waals surface area contributed by atoms with Crippen molar-refractivity contribution in [3.63, 3.8) is 0 Å². The number of hydrogen-bond acceptors (Lipinski definition) is 4. The smallest absolute Gasteiger partial charge is 0.164 e. The summed E-state index contributed by atoms with van der Waals surface area (Å²) in [7, 11) is 0. The highest BCUT2D eigenvalue weighted by molar-refractivity contribution is 5.95. The summed E-state index contributed by atoms with van der Waals surface area (Å²) in [6.45, 7) is 0. The Hall–Kier alpha value is -8.52. The highest BCUT2D eigenvalue weighted by atomic mass is 15.0. The molecule has 0 radical (unpaired) electrons. The van der Waals surface area contributed by atoms with Crippen molar-refractivity contribution in [3.05, 3.63) is 258 Å². The van der Waals surface area contributed by atoms with Gasteiger partial charge < -0.3 is 0 Å². The summed E-state index contributed by atoms with van der Waals surface area (Å²) < 4.78 is 0. The lowest BCUT2D eigenvalue weighted by molar-refractivity contribution is 0.769. The second-order valence-electron chi connectivity index (χ2n) is 15.9. The topological polar surface area (TPSA) is 62.5 Å². The Balaban J connectivity index is 1.10. The molecule has 0 amide bonds. The van der Waals surface area contributed by atoms with Gasteiger partial charge in [0.05, 0.1) is 17.0 Å². The molecule has 1 aliphatic rings. The number of benzene rings is 9. The van der Waals surface area contributed by atoms with Crippen LogP contribution in [-0.4, -0.2) is 15.0 Å². The summed E-state index contributed by atoms with van der Waals surface area (Å²) in [5, 5.41) is 9.41. The number of rotatable bonds is 8. The third-order valence-corrected chi connectivity index (χ3v) is 12.3. The largest absolute Gasteiger partial charge is 0.208 e. The van der Waals surface area contributed by atoms with E-state index in [9.17, 15) is 5.26 Å². The first kappa shape index (κ1) is 37.5. The van der Waals surface area contributed by atoms with Gasteiger partial charge in [0, 0.05) is 16.7 Å². The Bertz CT molecular complexity index is 3190.